The first-order chi connectivity index (χ1) is 6.36. The zero-order valence-corrected chi connectivity index (χ0v) is 8.25. The minimum atomic E-state index is 0.304. The number of unbranched alkanes of at least 4 members (excludes halogenated alkanes) is 2. The minimum Gasteiger partial charge on any atom is -0.466 e. The Morgan fingerprint density at radius 1 is 1.15 bits per heavy atom. The Morgan fingerprint density at radius 3 is 2.54 bits per heavy atom. The van der Waals surface area contributed by atoms with Gasteiger partial charge in [-0.2, -0.15) is 0 Å². The van der Waals surface area contributed by atoms with E-state index in [2.05, 4.69) is 13.0 Å². The number of furan rings is 1. The molecular formula is C11H18O2. The van der Waals surface area contributed by atoms with Crippen LogP contribution < -0.4 is 0 Å². The Bertz CT molecular complexity index is 228. The molecule has 0 aliphatic carbocycles. The molecule has 1 rings (SSSR count). The van der Waals surface area contributed by atoms with E-state index in [9.17, 15) is 0 Å². The van der Waals surface area contributed by atoms with Crippen LogP contribution in [0, 0.1) is 0 Å². The quantitative estimate of drug-likeness (QED) is 0.686. The molecule has 0 saturated heterocycles. The lowest BCUT2D eigenvalue weighted by atomic mass is 10.2. The van der Waals surface area contributed by atoms with Gasteiger partial charge in [0.1, 0.15) is 11.5 Å². The highest BCUT2D eigenvalue weighted by Crippen LogP contribution is 2.11. The van der Waals surface area contributed by atoms with E-state index in [1.165, 1.54) is 0 Å². The summed E-state index contributed by atoms with van der Waals surface area (Å²) >= 11 is 0. The van der Waals surface area contributed by atoms with Gasteiger partial charge in [-0.25, -0.2) is 0 Å². The largest absolute Gasteiger partial charge is 0.466 e. The van der Waals surface area contributed by atoms with Gasteiger partial charge in [0.25, 0.3) is 0 Å². The van der Waals surface area contributed by atoms with Crippen molar-refractivity contribution in [2.75, 3.05) is 6.61 Å². The predicted octanol–water partition coefficient (Wildman–Crippen LogP) is 2.55. The highest BCUT2D eigenvalue weighted by Gasteiger charge is 1.99. The summed E-state index contributed by atoms with van der Waals surface area (Å²) in [7, 11) is 0. The first kappa shape index (κ1) is 10.3. The van der Waals surface area contributed by atoms with E-state index < -0.39 is 0 Å². The fourth-order valence-corrected chi connectivity index (χ4v) is 1.33. The molecule has 0 bridgehead atoms. The predicted molar refractivity (Wildman–Crippen MR) is 52.7 cm³/mol. The topological polar surface area (TPSA) is 33.4 Å². The lowest BCUT2D eigenvalue weighted by Crippen LogP contribution is -1.86. The average molecular weight is 182 g/mol. The summed E-state index contributed by atoms with van der Waals surface area (Å²) in [4.78, 5) is 0. The van der Waals surface area contributed by atoms with E-state index in [1.54, 1.807) is 0 Å². The fourth-order valence-electron chi connectivity index (χ4n) is 1.33. The molecule has 2 nitrogen and oxygen atoms in total. The number of aliphatic hydroxyl groups excluding tert-OH is 1. The maximum Gasteiger partial charge on any atom is 0.104 e. The maximum atomic E-state index is 8.58. The third kappa shape index (κ3) is 3.64. The number of rotatable bonds is 6. The molecule has 0 saturated carbocycles. The average Bonchev–Trinajstić information content (AvgIpc) is 2.60. The van der Waals surface area contributed by atoms with Crippen LogP contribution >= 0.6 is 0 Å². The summed E-state index contributed by atoms with van der Waals surface area (Å²) in [6, 6.07) is 4.10. The molecule has 1 aromatic heterocycles. The van der Waals surface area contributed by atoms with Gasteiger partial charge < -0.3 is 9.52 Å². The van der Waals surface area contributed by atoms with Crippen LogP contribution in [-0.2, 0) is 12.8 Å². The number of aliphatic hydroxyl groups is 1. The van der Waals surface area contributed by atoms with Crippen LogP contribution in [0.4, 0.5) is 0 Å². The molecule has 1 N–H and O–H groups in total. The molecule has 1 heterocycles. The van der Waals surface area contributed by atoms with Gasteiger partial charge in [-0.3, -0.25) is 0 Å². The molecular weight excluding hydrogens is 164 g/mol. The smallest absolute Gasteiger partial charge is 0.104 e. The molecule has 0 amide bonds. The summed E-state index contributed by atoms with van der Waals surface area (Å²) in [5.41, 5.74) is 0. The molecule has 0 fully saturated rings. The van der Waals surface area contributed by atoms with Crippen LogP contribution in [0.3, 0.4) is 0 Å². The number of hydrogen-bond donors (Lipinski definition) is 1. The SMILES string of the molecule is CCc1ccc(CCCCCO)o1. The Hall–Kier alpha value is -0.760. The van der Waals surface area contributed by atoms with Crippen molar-refractivity contribution < 1.29 is 9.52 Å². The zero-order chi connectivity index (χ0) is 9.52. The second-order valence-corrected chi connectivity index (χ2v) is 3.26. The third-order valence-corrected chi connectivity index (χ3v) is 2.15. The zero-order valence-electron chi connectivity index (χ0n) is 8.25. The third-order valence-electron chi connectivity index (χ3n) is 2.15. The van der Waals surface area contributed by atoms with Gasteiger partial charge >= 0.3 is 0 Å². The number of hydrogen-bond acceptors (Lipinski definition) is 2. The van der Waals surface area contributed by atoms with Crippen molar-refractivity contribution in [3.05, 3.63) is 23.7 Å². The summed E-state index contributed by atoms with van der Waals surface area (Å²) in [5.74, 6) is 2.15. The molecule has 74 valence electrons. The van der Waals surface area contributed by atoms with Crippen molar-refractivity contribution in [2.45, 2.75) is 39.0 Å². The van der Waals surface area contributed by atoms with Crippen molar-refractivity contribution in [1.29, 1.82) is 0 Å². The molecule has 0 unspecified atom stereocenters. The van der Waals surface area contributed by atoms with Crippen LogP contribution in [0.25, 0.3) is 0 Å². The van der Waals surface area contributed by atoms with Crippen molar-refractivity contribution in [2.24, 2.45) is 0 Å². The lowest BCUT2D eigenvalue weighted by molar-refractivity contribution is 0.282. The summed E-state index contributed by atoms with van der Waals surface area (Å²) in [6.07, 6.45) is 5.06. The second-order valence-electron chi connectivity index (χ2n) is 3.26. The first-order valence-corrected chi connectivity index (χ1v) is 5.05. The molecule has 0 radical (unpaired) electrons. The monoisotopic (exact) mass is 182 g/mol. The number of aryl methyl sites for hydroxylation is 2. The molecule has 2 heteroatoms. The van der Waals surface area contributed by atoms with Gasteiger partial charge in [-0.1, -0.05) is 13.3 Å². The highest BCUT2D eigenvalue weighted by atomic mass is 16.3. The lowest BCUT2D eigenvalue weighted by Gasteiger charge is -1.96. The van der Waals surface area contributed by atoms with E-state index in [1.807, 2.05) is 6.07 Å². The molecule has 0 aliphatic heterocycles. The molecule has 13 heavy (non-hydrogen) atoms. The Balaban J connectivity index is 2.20. The molecule has 0 spiro atoms. The standard InChI is InChI=1S/C11H18O2/c1-2-10-7-8-11(13-10)6-4-3-5-9-12/h7-8,12H,2-6,9H2,1H3. The van der Waals surface area contributed by atoms with E-state index in [4.69, 9.17) is 9.52 Å². The summed E-state index contributed by atoms with van der Waals surface area (Å²) in [5, 5.41) is 8.58. The van der Waals surface area contributed by atoms with Gasteiger partial charge in [0.2, 0.25) is 0 Å². The Labute approximate surface area is 79.6 Å². The molecule has 0 aliphatic rings. The van der Waals surface area contributed by atoms with Crippen molar-refractivity contribution in [1.82, 2.24) is 0 Å². The fraction of sp³-hybridized carbons (Fsp3) is 0.636. The van der Waals surface area contributed by atoms with E-state index in [-0.39, 0.29) is 0 Å². The van der Waals surface area contributed by atoms with Crippen LogP contribution in [-0.4, -0.2) is 11.7 Å². The molecule has 0 aromatic carbocycles. The van der Waals surface area contributed by atoms with Crippen molar-refractivity contribution in [3.63, 3.8) is 0 Å². The van der Waals surface area contributed by atoms with Gasteiger partial charge in [0.05, 0.1) is 0 Å². The van der Waals surface area contributed by atoms with E-state index in [0.717, 1.165) is 43.6 Å². The van der Waals surface area contributed by atoms with E-state index >= 15 is 0 Å². The Morgan fingerprint density at radius 2 is 1.92 bits per heavy atom. The Kier molecular flexibility index (Phi) is 4.61. The van der Waals surface area contributed by atoms with Crippen LogP contribution in [0.15, 0.2) is 16.5 Å². The van der Waals surface area contributed by atoms with E-state index in [0.29, 0.717) is 6.61 Å². The normalized spacial score (nSPS) is 10.6. The van der Waals surface area contributed by atoms with Crippen molar-refractivity contribution in [3.8, 4) is 0 Å². The summed E-state index contributed by atoms with van der Waals surface area (Å²) < 4.78 is 5.55. The van der Waals surface area contributed by atoms with Crippen LogP contribution in [0.1, 0.15) is 37.7 Å². The van der Waals surface area contributed by atoms with Crippen LogP contribution in [0.2, 0.25) is 0 Å². The van der Waals surface area contributed by atoms with Crippen molar-refractivity contribution >= 4 is 0 Å². The van der Waals surface area contributed by atoms with Gasteiger partial charge in [0, 0.05) is 19.4 Å². The molecule has 1 aromatic rings. The summed E-state index contributed by atoms with van der Waals surface area (Å²) in [6.45, 7) is 2.40. The molecule has 0 atom stereocenters. The minimum absolute atomic E-state index is 0.304. The highest BCUT2D eigenvalue weighted by molar-refractivity contribution is 5.06. The van der Waals surface area contributed by atoms with Gasteiger partial charge in [0.15, 0.2) is 0 Å². The first-order valence-electron chi connectivity index (χ1n) is 5.05. The maximum absolute atomic E-state index is 8.58. The van der Waals surface area contributed by atoms with Gasteiger partial charge in [-0.05, 0) is 25.0 Å². The second kappa shape index (κ2) is 5.81. The van der Waals surface area contributed by atoms with Gasteiger partial charge in [-0.15, -0.1) is 0 Å². The van der Waals surface area contributed by atoms with Crippen LogP contribution in [0.5, 0.6) is 0 Å².